The van der Waals surface area contributed by atoms with Gasteiger partial charge >= 0.3 is 0 Å². The lowest BCUT2D eigenvalue weighted by atomic mass is 10.1. The Labute approximate surface area is 184 Å². The minimum Gasteiger partial charge on any atom is -0.497 e. The Morgan fingerprint density at radius 2 is 2.00 bits per heavy atom. The lowest BCUT2D eigenvalue weighted by molar-refractivity contribution is -0.132. The fraction of sp³-hybridized carbons (Fsp3) is 0.522. The summed E-state index contributed by atoms with van der Waals surface area (Å²) in [4.78, 5) is 26.1. The van der Waals surface area contributed by atoms with Gasteiger partial charge in [-0.15, -0.1) is 0 Å². The molecule has 1 amide bonds. The molecule has 31 heavy (non-hydrogen) atoms. The first-order valence-corrected chi connectivity index (χ1v) is 11.1. The standard InChI is InChI=1S/C23H32N6O2/c1-28-15-21(30)29(18-4-3-11-24-12-10-18)14-20-22(26-16-27-23(20)28)25-13-9-17-5-7-19(31-2)8-6-17/h5-8,16,18,24H,3-4,9-15H2,1-2H3,(H,25,26,27). The highest BCUT2D eigenvalue weighted by Crippen LogP contribution is 2.29. The van der Waals surface area contributed by atoms with Gasteiger partial charge in [-0.3, -0.25) is 4.79 Å². The van der Waals surface area contributed by atoms with Crippen LogP contribution in [0.25, 0.3) is 0 Å². The van der Waals surface area contributed by atoms with Gasteiger partial charge in [0.15, 0.2) is 0 Å². The van der Waals surface area contributed by atoms with E-state index in [4.69, 9.17) is 4.74 Å². The van der Waals surface area contributed by atoms with Crippen LogP contribution < -0.4 is 20.3 Å². The fourth-order valence-electron chi connectivity index (χ4n) is 4.42. The second kappa shape index (κ2) is 9.96. The zero-order chi connectivity index (χ0) is 21.6. The lowest BCUT2D eigenvalue weighted by Crippen LogP contribution is -2.43. The number of methoxy groups -OCH3 is 1. The van der Waals surface area contributed by atoms with Gasteiger partial charge in [-0.1, -0.05) is 12.1 Å². The first-order valence-electron chi connectivity index (χ1n) is 11.1. The molecule has 8 nitrogen and oxygen atoms in total. The average molecular weight is 425 g/mol. The second-order valence-electron chi connectivity index (χ2n) is 8.26. The topological polar surface area (TPSA) is 82.6 Å². The number of anilines is 2. The van der Waals surface area contributed by atoms with Crippen LogP contribution in [0, 0.1) is 0 Å². The van der Waals surface area contributed by atoms with Crippen molar-refractivity contribution in [2.45, 2.75) is 38.3 Å². The van der Waals surface area contributed by atoms with Crippen molar-refractivity contribution in [3.8, 4) is 5.75 Å². The van der Waals surface area contributed by atoms with Gasteiger partial charge in [-0.2, -0.15) is 0 Å². The SMILES string of the molecule is COc1ccc(CCNc2ncnc3c2CN(C2CCCNCC2)C(=O)CN3C)cc1. The van der Waals surface area contributed by atoms with E-state index in [1.165, 1.54) is 5.56 Å². The Morgan fingerprint density at radius 1 is 1.16 bits per heavy atom. The maximum Gasteiger partial charge on any atom is 0.242 e. The van der Waals surface area contributed by atoms with E-state index in [2.05, 4.69) is 32.7 Å². The number of nitrogens with zero attached hydrogens (tertiary/aromatic N) is 4. The van der Waals surface area contributed by atoms with E-state index in [0.717, 1.165) is 68.3 Å². The summed E-state index contributed by atoms with van der Waals surface area (Å²) in [7, 11) is 3.61. The van der Waals surface area contributed by atoms with Crippen molar-refractivity contribution in [3.63, 3.8) is 0 Å². The predicted molar refractivity (Wildman–Crippen MR) is 122 cm³/mol. The molecule has 2 aliphatic heterocycles. The van der Waals surface area contributed by atoms with Gasteiger partial charge in [0, 0.05) is 19.6 Å². The monoisotopic (exact) mass is 424 g/mol. The van der Waals surface area contributed by atoms with Crippen LogP contribution in [0.15, 0.2) is 30.6 Å². The second-order valence-corrected chi connectivity index (χ2v) is 8.26. The van der Waals surface area contributed by atoms with Crippen molar-refractivity contribution in [2.75, 3.05) is 50.6 Å². The molecule has 0 bridgehead atoms. The number of carbonyl (C=O) groups is 1. The molecule has 1 saturated heterocycles. The largest absolute Gasteiger partial charge is 0.497 e. The fourth-order valence-corrected chi connectivity index (χ4v) is 4.42. The Kier molecular flexibility index (Phi) is 6.86. The van der Waals surface area contributed by atoms with Crippen molar-refractivity contribution >= 4 is 17.5 Å². The summed E-state index contributed by atoms with van der Waals surface area (Å²) in [6.07, 6.45) is 5.57. The average Bonchev–Trinajstić information content (AvgIpc) is 3.13. The minimum absolute atomic E-state index is 0.164. The summed E-state index contributed by atoms with van der Waals surface area (Å²) in [6.45, 7) is 3.63. The number of aromatic nitrogens is 2. The molecule has 1 aromatic heterocycles. The summed E-state index contributed by atoms with van der Waals surface area (Å²) in [5.74, 6) is 2.68. The maximum absolute atomic E-state index is 13.1. The number of fused-ring (bicyclic) bond motifs is 1. The molecule has 2 aromatic rings. The van der Waals surface area contributed by atoms with Crippen LogP contribution >= 0.6 is 0 Å². The van der Waals surface area contributed by atoms with E-state index in [9.17, 15) is 4.79 Å². The van der Waals surface area contributed by atoms with Gasteiger partial charge in [0.2, 0.25) is 5.91 Å². The summed E-state index contributed by atoms with van der Waals surface area (Å²) in [5.41, 5.74) is 2.23. The Hall–Kier alpha value is -2.87. The van der Waals surface area contributed by atoms with Crippen molar-refractivity contribution in [2.24, 2.45) is 0 Å². The Morgan fingerprint density at radius 3 is 2.81 bits per heavy atom. The molecule has 1 unspecified atom stereocenters. The van der Waals surface area contributed by atoms with Crippen LogP contribution in [-0.2, 0) is 17.8 Å². The van der Waals surface area contributed by atoms with E-state index < -0.39 is 0 Å². The predicted octanol–water partition coefficient (Wildman–Crippen LogP) is 2.06. The number of hydrogen-bond acceptors (Lipinski definition) is 7. The van der Waals surface area contributed by atoms with E-state index >= 15 is 0 Å². The number of nitrogens with one attached hydrogen (secondary N) is 2. The Bertz CT molecular complexity index is 880. The van der Waals surface area contributed by atoms with Gasteiger partial charge in [0.1, 0.15) is 23.7 Å². The van der Waals surface area contributed by atoms with Crippen LogP contribution in [0.4, 0.5) is 11.6 Å². The third kappa shape index (κ3) is 5.07. The molecule has 8 heteroatoms. The molecular weight excluding hydrogens is 392 g/mol. The molecule has 2 aliphatic rings. The van der Waals surface area contributed by atoms with Gasteiger partial charge in [-0.25, -0.2) is 9.97 Å². The summed E-state index contributed by atoms with van der Waals surface area (Å²) < 4.78 is 5.23. The summed E-state index contributed by atoms with van der Waals surface area (Å²) >= 11 is 0. The number of ether oxygens (including phenoxy) is 1. The van der Waals surface area contributed by atoms with Gasteiger partial charge in [-0.05, 0) is 56.5 Å². The van der Waals surface area contributed by atoms with Crippen LogP contribution in [-0.4, -0.2) is 67.2 Å². The molecule has 1 fully saturated rings. The maximum atomic E-state index is 13.1. The molecule has 0 radical (unpaired) electrons. The molecule has 2 N–H and O–H groups in total. The number of rotatable bonds is 6. The number of likely N-dealkylation sites (N-methyl/N-ethyl adjacent to an activating group) is 1. The first kappa shape index (κ1) is 21.4. The number of carbonyl (C=O) groups excluding carboxylic acids is 1. The number of amides is 1. The normalized spacial score (nSPS) is 19.4. The van der Waals surface area contributed by atoms with Gasteiger partial charge in [0.05, 0.1) is 25.8 Å². The van der Waals surface area contributed by atoms with E-state index in [-0.39, 0.29) is 11.9 Å². The van der Waals surface area contributed by atoms with Crippen molar-refractivity contribution in [1.29, 1.82) is 0 Å². The van der Waals surface area contributed by atoms with Gasteiger partial charge in [0.25, 0.3) is 0 Å². The molecule has 1 atom stereocenters. The molecule has 0 aliphatic carbocycles. The highest BCUT2D eigenvalue weighted by atomic mass is 16.5. The zero-order valence-electron chi connectivity index (χ0n) is 18.4. The van der Waals surface area contributed by atoms with E-state index in [1.807, 2.05) is 29.0 Å². The van der Waals surface area contributed by atoms with Crippen LogP contribution in [0.2, 0.25) is 0 Å². The molecule has 4 rings (SSSR count). The summed E-state index contributed by atoms with van der Waals surface area (Å²) in [6, 6.07) is 8.37. The van der Waals surface area contributed by atoms with Crippen molar-refractivity contribution in [1.82, 2.24) is 20.2 Å². The quantitative estimate of drug-likeness (QED) is 0.734. The smallest absolute Gasteiger partial charge is 0.242 e. The molecule has 0 saturated carbocycles. The van der Waals surface area contributed by atoms with Crippen LogP contribution in [0.3, 0.4) is 0 Å². The highest BCUT2D eigenvalue weighted by molar-refractivity contribution is 5.83. The van der Waals surface area contributed by atoms with Crippen LogP contribution in [0.5, 0.6) is 5.75 Å². The third-order valence-corrected chi connectivity index (χ3v) is 6.16. The van der Waals surface area contributed by atoms with Crippen LogP contribution in [0.1, 0.15) is 30.4 Å². The van der Waals surface area contributed by atoms with Crippen molar-refractivity contribution in [3.05, 3.63) is 41.7 Å². The number of benzene rings is 1. The molecule has 3 heterocycles. The third-order valence-electron chi connectivity index (χ3n) is 6.16. The highest BCUT2D eigenvalue weighted by Gasteiger charge is 2.31. The van der Waals surface area contributed by atoms with Crippen molar-refractivity contribution < 1.29 is 9.53 Å². The first-order chi connectivity index (χ1) is 15.2. The van der Waals surface area contributed by atoms with Gasteiger partial charge < -0.3 is 25.2 Å². The summed E-state index contributed by atoms with van der Waals surface area (Å²) in [5, 5.41) is 6.93. The van der Waals surface area contributed by atoms with E-state index in [0.29, 0.717) is 13.1 Å². The lowest BCUT2D eigenvalue weighted by Gasteiger charge is -2.30. The molecule has 1 aromatic carbocycles. The number of hydrogen-bond donors (Lipinski definition) is 2. The van der Waals surface area contributed by atoms with E-state index in [1.54, 1.807) is 13.4 Å². The molecule has 166 valence electrons. The minimum atomic E-state index is 0.164. The molecular formula is C23H32N6O2. The molecule has 0 spiro atoms. The Balaban J connectivity index is 1.50. The zero-order valence-corrected chi connectivity index (χ0v) is 18.4.